The molecule has 1 amide bonds. The van der Waals surface area contributed by atoms with Crippen LogP contribution < -0.4 is 9.80 Å². The van der Waals surface area contributed by atoms with Crippen molar-refractivity contribution in [1.82, 2.24) is 0 Å². The molecule has 2 fully saturated rings. The van der Waals surface area contributed by atoms with Gasteiger partial charge < -0.3 is 9.80 Å². The van der Waals surface area contributed by atoms with E-state index in [1.54, 1.807) is 12.1 Å². The van der Waals surface area contributed by atoms with Crippen LogP contribution in [0.15, 0.2) is 72.8 Å². The van der Waals surface area contributed by atoms with Crippen molar-refractivity contribution in [3.05, 3.63) is 89.8 Å². The summed E-state index contributed by atoms with van der Waals surface area (Å²) in [6.45, 7) is 0.398. The molecule has 4 atom stereocenters. The van der Waals surface area contributed by atoms with E-state index in [1.165, 1.54) is 30.0 Å². The lowest BCUT2D eigenvalue weighted by molar-refractivity contribution is -0.124. The van der Waals surface area contributed by atoms with Crippen LogP contribution >= 0.6 is 0 Å². The molecule has 38 heavy (non-hydrogen) atoms. The average molecular weight is 512 g/mol. The molecular weight excluding hydrogens is 475 g/mol. The van der Waals surface area contributed by atoms with Gasteiger partial charge in [0.1, 0.15) is 5.82 Å². The number of halogens is 1. The fourth-order valence-electron chi connectivity index (χ4n) is 5.90. The van der Waals surface area contributed by atoms with E-state index >= 15 is 0 Å². The summed E-state index contributed by atoms with van der Waals surface area (Å²) in [5.41, 5.74) is 4.68. The lowest BCUT2D eigenvalue weighted by Crippen LogP contribution is -2.38. The van der Waals surface area contributed by atoms with Crippen molar-refractivity contribution in [2.45, 2.75) is 39.1 Å². The number of ketones is 1. The molecule has 0 radical (unpaired) electrons. The van der Waals surface area contributed by atoms with E-state index in [9.17, 15) is 15.4 Å². The molecule has 0 heterocycles. The van der Waals surface area contributed by atoms with Crippen molar-refractivity contribution in [1.29, 1.82) is 0 Å². The predicted molar refractivity (Wildman–Crippen MR) is 152 cm³/mol. The van der Waals surface area contributed by atoms with Crippen molar-refractivity contribution in [2.24, 2.45) is 17.8 Å². The summed E-state index contributed by atoms with van der Waals surface area (Å²) < 4.78 is 24.0. The Hall–Kier alpha value is -3.73. The number of rotatable bonds is 8. The monoisotopic (exact) mass is 511 g/mol. The maximum absolute atomic E-state index is 14.8. The van der Waals surface area contributed by atoms with Gasteiger partial charge in [-0.2, -0.15) is 0 Å². The first-order valence-electron chi connectivity index (χ1n) is 13.9. The molecule has 5 heteroatoms. The Balaban J connectivity index is 1.48. The Morgan fingerprint density at radius 1 is 0.947 bits per heavy atom. The zero-order valence-electron chi connectivity index (χ0n) is 23.2. The molecule has 3 aromatic rings. The van der Waals surface area contributed by atoms with Gasteiger partial charge in [0.2, 0.25) is 5.91 Å². The maximum Gasteiger partial charge on any atom is 0.230 e. The summed E-state index contributed by atoms with van der Waals surface area (Å²) in [6.07, 6.45) is 7.02. The van der Waals surface area contributed by atoms with E-state index in [0.717, 1.165) is 42.5 Å². The third-order valence-corrected chi connectivity index (χ3v) is 7.89. The van der Waals surface area contributed by atoms with Gasteiger partial charge in [0.05, 0.1) is 7.89 Å². The number of amides is 1. The standard InChI is InChI=1S/C33H35FN2O2/c1-22(37)4-5-25-17-29(34)20-31(18-25)36(33(38)32-19-24-8-11-28(32)16-24)21-23-6-9-26(10-7-23)27-12-14-30(15-13-27)35(2)3/h4-7,9-10,12-15,17-18,20,24,28,32H,8,11,16,19,21H2,1-3H3/b5-4+/t24-,28+,32-/m1/s1/i21D/t21-,24+,28-,32+/m0. The largest absolute Gasteiger partial charge is 0.378 e. The molecule has 5 rings (SSSR count). The number of benzene rings is 3. The van der Waals surface area contributed by atoms with Crippen LogP contribution in [0.25, 0.3) is 17.2 Å². The molecule has 2 aliphatic carbocycles. The van der Waals surface area contributed by atoms with Crippen LogP contribution in [0.3, 0.4) is 0 Å². The lowest BCUT2D eigenvalue weighted by atomic mass is 9.87. The molecule has 0 aromatic heterocycles. The highest BCUT2D eigenvalue weighted by Gasteiger charge is 2.44. The number of carbonyl (C=O) groups is 2. The van der Waals surface area contributed by atoms with E-state index in [2.05, 4.69) is 24.3 Å². The number of anilines is 2. The maximum atomic E-state index is 14.8. The van der Waals surface area contributed by atoms with Crippen molar-refractivity contribution in [3.8, 4) is 11.1 Å². The Labute approximate surface area is 226 Å². The molecule has 0 N–H and O–H groups in total. The van der Waals surface area contributed by atoms with Gasteiger partial charge in [-0.05, 0) is 96.7 Å². The minimum atomic E-state index is -1.03. The zero-order chi connectivity index (χ0) is 27.7. The van der Waals surface area contributed by atoms with Gasteiger partial charge in [-0.3, -0.25) is 9.59 Å². The number of fused-ring (bicyclic) bond motifs is 2. The first kappa shape index (κ1) is 24.6. The molecule has 2 bridgehead atoms. The second-order valence-electron chi connectivity index (χ2n) is 10.9. The van der Waals surface area contributed by atoms with Crippen LogP contribution in [-0.4, -0.2) is 25.8 Å². The second-order valence-corrected chi connectivity index (χ2v) is 10.9. The molecule has 0 saturated heterocycles. The molecule has 2 aliphatic rings. The van der Waals surface area contributed by atoms with Crippen molar-refractivity contribution < 1.29 is 15.4 Å². The highest BCUT2D eigenvalue weighted by molar-refractivity contribution is 5.96. The van der Waals surface area contributed by atoms with E-state index in [0.29, 0.717) is 28.7 Å². The molecule has 196 valence electrons. The molecule has 3 aromatic carbocycles. The Bertz CT molecular complexity index is 1380. The van der Waals surface area contributed by atoms with Gasteiger partial charge in [0.15, 0.2) is 5.78 Å². The van der Waals surface area contributed by atoms with Crippen LogP contribution in [0, 0.1) is 23.6 Å². The third-order valence-electron chi connectivity index (χ3n) is 7.89. The van der Waals surface area contributed by atoms with E-state index in [1.807, 2.05) is 43.3 Å². The number of hydrogen-bond donors (Lipinski definition) is 0. The van der Waals surface area contributed by atoms with Crippen LogP contribution in [0.5, 0.6) is 0 Å². The van der Waals surface area contributed by atoms with Crippen molar-refractivity contribution in [3.63, 3.8) is 0 Å². The summed E-state index contributed by atoms with van der Waals surface area (Å²) in [5, 5.41) is 0. The summed E-state index contributed by atoms with van der Waals surface area (Å²) in [4.78, 5) is 29.0. The third kappa shape index (κ3) is 5.72. The number of hydrogen-bond acceptors (Lipinski definition) is 3. The molecule has 0 unspecified atom stereocenters. The van der Waals surface area contributed by atoms with Crippen LogP contribution in [-0.2, 0) is 16.1 Å². The van der Waals surface area contributed by atoms with E-state index in [4.69, 9.17) is 0 Å². The number of allylic oxidation sites excluding steroid dienone is 1. The summed E-state index contributed by atoms with van der Waals surface area (Å²) >= 11 is 0. The first-order chi connectivity index (χ1) is 18.7. The molecule has 0 spiro atoms. The Kier molecular flexibility index (Phi) is 7.08. The zero-order valence-corrected chi connectivity index (χ0v) is 22.2. The summed E-state index contributed by atoms with van der Waals surface area (Å²) in [7, 11) is 4.01. The smallest absolute Gasteiger partial charge is 0.230 e. The fourth-order valence-corrected chi connectivity index (χ4v) is 5.90. The number of carbonyl (C=O) groups excluding carboxylic acids is 2. The van der Waals surface area contributed by atoms with E-state index < -0.39 is 12.3 Å². The van der Waals surface area contributed by atoms with Gasteiger partial charge in [0, 0.05) is 31.4 Å². The first-order valence-corrected chi connectivity index (χ1v) is 13.3. The highest BCUT2D eigenvalue weighted by atomic mass is 19.1. The minimum Gasteiger partial charge on any atom is -0.378 e. The number of nitrogens with zero attached hydrogens (tertiary/aromatic N) is 2. The van der Waals surface area contributed by atoms with Gasteiger partial charge in [-0.25, -0.2) is 4.39 Å². The van der Waals surface area contributed by atoms with Gasteiger partial charge in [0.25, 0.3) is 0 Å². The normalized spacial score (nSPS) is 21.4. The van der Waals surface area contributed by atoms with Gasteiger partial charge in [-0.1, -0.05) is 48.9 Å². The molecule has 4 nitrogen and oxygen atoms in total. The lowest BCUT2D eigenvalue weighted by Gasteiger charge is -2.30. The van der Waals surface area contributed by atoms with Gasteiger partial charge in [-0.15, -0.1) is 0 Å². The van der Waals surface area contributed by atoms with Crippen LogP contribution in [0.1, 0.15) is 45.1 Å². The predicted octanol–water partition coefficient (Wildman–Crippen LogP) is 7.13. The SMILES string of the molecule is [2H][C@@H](c1ccc(-c2ccc(N(C)C)cc2)cc1)N(C(=O)[C@@H]1C[C@@H]2CC[C@H]1C2)c1cc(F)cc(/C=C/C(C)=O)c1. The second kappa shape index (κ2) is 10.9. The summed E-state index contributed by atoms with van der Waals surface area (Å²) in [5.74, 6) is -0.0241. The van der Waals surface area contributed by atoms with Crippen LogP contribution in [0.4, 0.5) is 15.8 Å². The average Bonchev–Trinajstić information content (AvgIpc) is 3.56. The highest BCUT2D eigenvalue weighted by Crippen LogP contribution is 2.49. The molecular formula is C33H35FN2O2. The quantitative estimate of drug-likeness (QED) is 0.302. The van der Waals surface area contributed by atoms with E-state index in [-0.39, 0.29) is 17.6 Å². The summed E-state index contributed by atoms with van der Waals surface area (Å²) in [6, 6.07) is 20.3. The minimum absolute atomic E-state index is 0.113. The molecule has 0 aliphatic heterocycles. The Morgan fingerprint density at radius 2 is 1.63 bits per heavy atom. The van der Waals surface area contributed by atoms with Crippen LogP contribution in [0.2, 0.25) is 0 Å². The van der Waals surface area contributed by atoms with Gasteiger partial charge >= 0.3 is 0 Å². The molecule has 2 saturated carbocycles. The van der Waals surface area contributed by atoms with Crippen molar-refractivity contribution >= 4 is 29.1 Å². The topological polar surface area (TPSA) is 40.6 Å². The van der Waals surface area contributed by atoms with Crippen molar-refractivity contribution in [2.75, 3.05) is 23.9 Å². The Morgan fingerprint density at radius 3 is 2.21 bits per heavy atom. The fraction of sp³-hybridized carbons (Fsp3) is 0.333.